The molecule has 0 aromatic heterocycles. The number of rotatable bonds is 5. The van der Waals surface area contributed by atoms with E-state index in [1.54, 1.807) is 7.11 Å². The molecule has 0 aliphatic heterocycles. The monoisotopic (exact) mass is 242 g/mol. The van der Waals surface area contributed by atoms with E-state index in [-0.39, 0.29) is 0 Å². The number of hydrogen-bond donors (Lipinski definition) is 0. The maximum Gasteiger partial charge on any atom is 0.101 e. The second kappa shape index (κ2) is 6.35. The van der Waals surface area contributed by atoms with E-state index in [9.17, 15) is 0 Å². The highest BCUT2D eigenvalue weighted by atomic mass is 127. The fraction of sp³-hybridized carbons (Fsp3) is 0.667. The van der Waals surface area contributed by atoms with E-state index in [1.807, 2.05) is 0 Å². The van der Waals surface area contributed by atoms with Crippen LogP contribution in [0.5, 0.6) is 0 Å². The Bertz CT molecular complexity index is 75.5. The zero-order valence-corrected chi connectivity index (χ0v) is 7.63. The first-order chi connectivity index (χ1) is 4.31. The van der Waals surface area contributed by atoms with E-state index in [1.165, 1.54) is 6.26 Å². The van der Waals surface area contributed by atoms with Crippen LogP contribution in [0.1, 0.15) is 0 Å². The van der Waals surface area contributed by atoms with Crippen LogP contribution in [0.3, 0.4) is 0 Å². The molecule has 0 saturated carbocycles. The van der Waals surface area contributed by atoms with E-state index in [2.05, 4.69) is 29.2 Å². The number of methoxy groups -OCH3 is 1. The molecular formula is C6H11IO2. The van der Waals surface area contributed by atoms with Crippen molar-refractivity contribution in [2.75, 3.05) is 20.3 Å². The minimum atomic E-state index is 0.422. The van der Waals surface area contributed by atoms with Crippen molar-refractivity contribution in [2.45, 2.75) is 3.92 Å². The zero-order chi connectivity index (χ0) is 7.11. The molecular weight excluding hydrogens is 231 g/mol. The van der Waals surface area contributed by atoms with Crippen LogP contribution in [0.25, 0.3) is 0 Å². The molecule has 0 aromatic carbocycles. The van der Waals surface area contributed by atoms with Crippen molar-refractivity contribution < 1.29 is 9.47 Å². The number of alkyl halides is 1. The molecule has 1 unspecified atom stereocenters. The van der Waals surface area contributed by atoms with Gasteiger partial charge in [-0.15, -0.1) is 0 Å². The van der Waals surface area contributed by atoms with Crippen molar-refractivity contribution in [1.29, 1.82) is 0 Å². The Labute approximate surface area is 69.4 Å². The van der Waals surface area contributed by atoms with Crippen molar-refractivity contribution >= 4 is 22.6 Å². The molecule has 0 aromatic rings. The molecule has 0 heterocycles. The molecule has 0 aliphatic carbocycles. The van der Waals surface area contributed by atoms with Crippen molar-refractivity contribution in [3.05, 3.63) is 12.8 Å². The normalized spacial score (nSPS) is 12.7. The Morgan fingerprint density at radius 3 is 2.78 bits per heavy atom. The lowest BCUT2D eigenvalue weighted by atomic mass is 10.5. The van der Waals surface area contributed by atoms with Crippen LogP contribution in [0, 0.1) is 0 Å². The number of hydrogen-bond acceptors (Lipinski definition) is 2. The van der Waals surface area contributed by atoms with Gasteiger partial charge in [0.2, 0.25) is 0 Å². The Kier molecular flexibility index (Phi) is 6.51. The zero-order valence-electron chi connectivity index (χ0n) is 5.47. The minimum absolute atomic E-state index is 0.422. The summed E-state index contributed by atoms with van der Waals surface area (Å²) in [6.45, 7) is 4.84. The second-order valence-corrected chi connectivity index (χ2v) is 3.31. The van der Waals surface area contributed by atoms with Crippen molar-refractivity contribution in [3.8, 4) is 0 Å². The molecule has 0 N–H and O–H groups in total. The van der Waals surface area contributed by atoms with Crippen LogP contribution in [-0.2, 0) is 9.47 Å². The summed E-state index contributed by atoms with van der Waals surface area (Å²) in [7, 11) is 1.68. The minimum Gasteiger partial charge on any atom is -0.501 e. The largest absolute Gasteiger partial charge is 0.501 e. The van der Waals surface area contributed by atoms with Crippen LogP contribution >= 0.6 is 22.6 Å². The summed E-state index contributed by atoms with van der Waals surface area (Å²) < 4.78 is 10.2. The standard InChI is InChI=1S/C6H11IO2/c1-3-9-5-6(7)4-8-2/h3,6H,1,4-5H2,2H3. The predicted octanol–water partition coefficient (Wildman–Crippen LogP) is 1.60. The Morgan fingerprint density at radius 1 is 1.67 bits per heavy atom. The Balaban J connectivity index is 3.04. The molecule has 0 fully saturated rings. The third kappa shape index (κ3) is 6.11. The highest BCUT2D eigenvalue weighted by Gasteiger charge is 2.00. The summed E-state index contributed by atoms with van der Waals surface area (Å²) >= 11 is 2.27. The molecule has 0 amide bonds. The lowest BCUT2D eigenvalue weighted by Crippen LogP contribution is -2.12. The molecule has 0 saturated heterocycles. The van der Waals surface area contributed by atoms with E-state index in [0.717, 1.165) is 6.61 Å². The van der Waals surface area contributed by atoms with Gasteiger partial charge >= 0.3 is 0 Å². The molecule has 2 nitrogen and oxygen atoms in total. The van der Waals surface area contributed by atoms with Crippen molar-refractivity contribution in [2.24, 2.45) is 0 Å². The number of ether oxygens (including phenoxy) is 2. The number of halogens is 1. The summed E-state index contributed by atoms with van der Waals surface area (Å²) in [5.74, 6) is 0. The van der Waals surface area contributed by atoms with Gasteiger partial charge in [-0.1, -0.05) is 29.2 Å². The Hall–Kier alpha value is 0.230. The first-order valence-corrected chi connectivity index (χ1v) is 3.91. The fourth-order valence-electron chi connectivity index (χ4n) is 0.401. The summed E-state index contributed by atoms with van der Waals surface area (Å²) in [6.07, 6.45) is 1.45. The van der Waals surface area contributed by atoms with E-state index in [4.69, 9.17) is 9.47 Å². The maximum atomic E-state index is 4.92. The molecule has 0 bridgehead atoms. The van der Waals surface area contributed by atoms with Gasteiger partial charge in [0, 0.05) is 7.11 Å². The van der Waals surface area contributed by atoms with Gasteiger partial charge in [0.1, 0.15) is 6.61 Å². The van der Waals surface area contributed by atoms with E-state index >= 15 is 0 Å². The van der Waals surface area contributed by atoms with Crippen molar-refractivity contribution in [1.82, 2.24) is 0 Å². The van der Waals surface area contributed by atoms with Crippen LogP contribution in [0.4, 0.5) is 0 Å². The molecule has 54 valence electrons. The Morgan fingerprint density at radius 2 is 2.33 bits per heavy atom. The van der Waals surface area contributed by atoms with Crippen LogP contribution in [-0.4, -0.2) is 24.2 Å². The second-order valence-electron chi connectivity index (χ2n) is 1.55. The van der Waals surface area contributed by atoms with Gasteiger partial charge in [-0.05, 0) is 0 Å². The molecule has 3 heteroatoms. The quantitative estimate of drug-likeness (QED) is 0.414. The molecule has 1 atom stereocenters. The topological polar surface area (TPSA) is 18.5 Å². The highest BCUT2D eigenvalue weighted by molar-refractivity contribution is 14.1. The first kappa shape index (κ1) is 9.23. The van der Waals surface area contributed by atoms with Gasteiger partial charge in [0.15, 0.2) is 0 Å². The average Bonchev–Trinajstić information content (AvgIpc) is 1.85. The SMILES string of the molecule is C=COCC(I)COC. The van der Waals surface area contributed by atoms with Gasteiger partial charge in [-0.2, -0.15) is 0 Å². The third-order valence-electron chi connectivity index (χ3n) is 0.742. The van der Waals surface area contributed by atoms with Gasteiger partial charge in [-0.25, -0.2) is 0 Å². The summed E-state index contributed by atoms with van der Waals surface area (Å²) in [4.78, 5) is 0. The third-order valence-corrected chi connectivity index (χ3v) is 1.46. The van der Waals surface area contributed by atoms with E-state index in [0.29, 0.717) is 10.5 Å². The summed E-state index contributed by atoms with van der Waals surface area (Å²) in [5, 5.41) is 0. The fourth-order valence-corrected chi connectivity index (χ4v) is 0.969. The van der Waals surface area contributed by atoms with Gasteiger partial charge < -0.3 is 9.47 Å². The molecule has 0 spiro atoms. The smallest absolute Gasteiger partial charge is 0.101 e. The van der Waals surface area contributed by atoms with E-state index < -0.39 is 0 Å². The van der Waals surface area contributed by atoms with Crippen molar-refractivity contribution in [3.63, 3.8) is 0 Å². The maximum absolute atomic E-state index is 4.92. The van der Waals surface area contributed by atoms with Crippen LogP contribution < -0.4 is 0 Å². The highest BCUT2D eigenvalue weighted by Crippen LogP contribution is 2.00. The van der Waals surface area contributed by atoms with Crippen LogP contribution in [0.15, 0.2) is 12.8 Å². The molecule has 0 rings (SSSR count). The molecule has 9 heavy (non-hydrogen) atoms. The van der Waals surface area contributed by atoms with Gasteiger partial charge in [-0.3, -0.25) is 0 Å². The average molecular weight is 242 g/mol. The first-order valence-electron chi connectivity index (χ1n) is 2.66. The lowest BCUT2D eigenvalue weighted by molar-refractivity contribution is 0.168. The van der Waals surface area contributed by atoms with Gasteiger partial charge in [0.05, 0.1) is 16.8 Å². The lowest BCUT2D eigenvalue weighted by Gasteiger charge is -2.06. The molecule has 0 aliphatic rings. The summed E-state index contributed by atoms with van der Waals surface area (Å²) in [6, 6.07) is 0. The van der Waals surface area contributed by atoms with Gasteiger partial charge in [0.25, 0.3) is 0 Å². The predicted molar refractivity (Wildman–Crippen MR) is 45.8 cm³/mol. The summed E-state index contributed by atoms with van der Waals surface area (Å²) in [5.41, 5.74) is 0. The van der Waals surface area contributed by atoms with Crippen LogP contribution in [0.2, 0.25) is 0 Å². The molecule has 0 radical (unpaired) electrons.